The third-order valence-corrected chi connectivity index (χ3v) is 4.19. The Hall–Kier alpha value is -2.09. The average molecular weight is 279 g/mol. The molecule has 0 radical (unpaired) electrons. The first-order valence-electron chi connectivity index (χ1n) is 7.62. The van der Waals surface area contributed by atoms with E-state index in [1.807, 2.05) is 23.1 Å². The lowest BCUT2D eigenvalue weighted by molar-refractivity contribution is -0.117. The van der Waals surface area contributed by atoms with E-state index in [-0.39, 0.29) is 5.91 Å². The SMILES string of the molecule is CC(C)c1ccc(CC(=O)N2CCc3ccccc32)cc1. The molecular weight excluding hydrogens is 258 g/mol. The molecule has 0 unspecified atom stereocenters. The number of rotatable bonds is 3. The van der Waals surface area contributed by atoms with Crippen LogP contribution in [0, 0.1) is 0 Å². The van der Waals surface area contributed by atoms with E-state index in [0.29, 0.717) is 12.3 Å². The molecule has 0 saturated heterocycles. The summed E-state index contributed by atoms with van der Waals surface area (Å²) in [6, 6.07) is 16.6. The fraction of sp³-hybridized carbons (Fsp3) is 0.316. The van der Waals surface area contributed by atoms with Gasteiger partial charge in [0, 0.05) is 12.2 Å². The van der Waals surface area contributed by atoms with Gasteiger partial charge in [0.25, 0.3) is 0 Å². The Kier molecular flexibility index (Phi) is 3.78. The van der Waals surface area contributed by atoms with Gasteiger partial charge in [-0.05, 0) is 35.1 Å². The number of nitrogens with zero attached hydrogens (tertiary/aromatic N) is 1. The van der Waals surface area contributed by atoms with Crippen LogP contribution >= 0.6 is 0 Å². The van der Waals surface area contributed by atoms with E-state index >= 15 is 0 Å². The summed E-state index contributed by atoms with van der Waals surface area (Å²) in [7, 11) is 0. The molecule has 2 aromatic carbocycles. The number of fused-ring (bicyclic) bond motifs is 1. The van der Waals surface area contributed by atoms with Crippen molar-refractivity contribution in [3.05, 3.63) is 65.2 Å². The molecule has 0 saturated carbocycles. The van der Waals surface area contributed by atoms with E-state index in [2.05, 4.69) is 44.2 Å². The number of carbonyl (C=O) groups excluding carboxylic acids is 1. The molecule has 2 heteroatoms. The number of benzene rings is 2. The summed E-state index contributed by atoms with van der Waals surface area (Å²) in [4.78, 5) is 14.4. The predicted octanol–water partition coefficient (Wildman–Crippen LogP) is 3.94. The van der Waals surface area contributed by atoms with E-state index in [9.17, 15) is 4.79 Å². The highest BCUT2D eigenvalue weighted by Crippen LogP contribution is 2.28. The highest BCUT2D eigenvalue weighted by atomic mass is 16.2. The molecule has 21 heavy (non-hydrogen) atoms. The van der Waals surface area contributed by atoms with E-state index in [1.54, 1.807) is 0 Å². The van der Waals surface area contributed by atoms with Crippen molar-refractivity contribution >= 4 is 11.6 Å². The van der Waals surface area contributed by atoms with Crippen LogP contribution in [0.5, 0.6) is 0 Å². The summed E-state index contributed by atoms with van der Waals surface area (Å²) in [5.41, 5.74) is 4.77. The molecule has 0 aliphatic carbocycles. The smallest absolute Gasteiger partial charge is 0.231 e. The molecule has 1 heterocycles. The second kappa shape index (κ2) is 5.72. The Morgan fingerprint density at radius 1 is 1.10 bits per heavy atom. The lowest BCUT2D eigenvalue weighted by atomic mass is 10.0. The van der Waals surface area contributed by atoms with Crippen LogP contribution < -0.4 is 4.90 Å². The zero-order valence-corrected chi connectivity index (χ0v) is 12.7. The van der Waals surface area contributed by atoms with Gasteiger partial charge in [-0.25, -0.2) is 0 Å². The normalized spacial score (nSPS) is 13.6. The molecule has 1 amide bonds. The third-order valence-electron chi connectivity index (χ3n) is 4.19. The monoisotopic (exact) mass is 279 g/mol. The summed E-state index contributed by atoms with van der Waals surface area (Å²) >= 11 is 0. The van der Waals surface area contributed by atoms with Crippen molar-refractivity contribution in [2.24, 2.45) is 0 Å². The second-order valence-electron chi connectivity index (χ2n) is 6.00. The average Bonchev–Trinajstić information content (AvgIpc) is 2.92. The fourth-order valence-electron chi connectivity index (χ4n) is 2.89. The molecule has 2 aromatic rings. The Morgan fingerprint density at radius 2 is 1.81 bits per heavy atom. The topological polar surface area (TPSA) is 20.3 Å². The summed E-state index contributed by atoms with van der Waals surface area (Å²) in [5, 5.41) is 0. The summed E-state index contributed by atoms with van der Waals surface area (Å²) in [5.74, 6) is 0.720. The van der Waals surface area contributed by atoms with Crippen LogP contribution in [-0.4, -0.2) is 12.5 Å². The summed E-state index contributed by atoms with van der Waals surface area (Å²) < 4.78 is 0. The van der Waals surface area contributed by atoms with Crippen LogP contribution in [-0.2, 0) is 17.6 Å². The van der Waals surface area contributed by atoms with Crippen LogP contribution in [0.4, 0.5) is 5.69 Å². The molecule has 0 spiro atoms. The van der Waals surface area contributed by atoms with Gasteiger partial charge in [-0.2, -0.15) is 0 Å². The number of anilines is 1. The first-order chi connectivity index (χ1) is 10.1. The number of hydrogen-bond donors (Lipinski definition) is 0. The Bertz CT molecular complexity index is 643. The second-order valence-corrected chi connectivity index (χ2v) is 6.00. The fourth-order valence-corrected chi connectivity index (χ4v) is 2.89. The van der Waals surface area contributed by atoms with Crippen LogP contribution in [0.2, 0.25) is 0 Å². The van der Waals surface area contributed by atoms with Gasteiger partial charge in [-0.1, -0.05) is 56.3 Å². The van der Waals surface area contributed by atoms with Gasteiger partial charge >= 0.3 is 0 Å². The lowest BCUT2D eigenvalue weighted by Crippen LogP contribution is -2.30. The molecular formula is C19H21NO. The molecule has 108 valence electrons. The Morgan fingerprint density at radius 3 is 2.52 bits per heavy atom. The Balaban J connectivity index is 1.73. The predicted molar refractivity (Wildman–Crippen MR) is 86.7 cm³/mol. The Labute approximate surface area is 126 Å². The number of carbonyl (C=O) groups is 1. The van der Waals surface area contributed by atoms with Gasteiger partial charge < -0.3 is 4.90 Å². The maximum absolute atomic E-state index is 12.5. The van der Waals surface area contributed by atoms with Crippen LogP contribution in [0.25, 0.3) is 0 Å². The van der Waals surface area contributed by atoms with Gasteiger partial charge in [0.15, 0.2) is 0 Å². The zero-order valence-electron chi connectivity index (χ0n) is 12.7. The van der Waals surface area contributed by atoms with Crippen LogP contribution in [0.15, 0.2) is 48.5 Å². The van der Waals surface area contributed by atoms with Gasteiger partial charge in [-0.15, -0.1) is 0 Å². The quantitative estimate of drug-likeness (QED) is 0.833. The highest BCUT2D eigenvalue weighted by Gasteiger charge is 2.23. The van der Waals surface area contributed by atoms with E-state index in [1.165, 1.54) is 11.1 Å². The zero-order chi connectivity index (χ0) is 14.8. The summed E-state index contributed by atoms with van der Waals surface area (Å²) in [6.07, 6.45) is 1.45. The largest absolute Gasteiger partial charge is 0.312 e. The van der Waals surface area contributed by atoms with Crippen molar-refractivity contribution in [1.29, 1.82) is 0 Å². The molecule has 0 aromatic heterocycles. The maximum atomic E-state index is 12.5. The van der Waals surface area contributed by atoms with Crippen LogP contribution in [0.3, 0.4) is 0 Å². The maximum Gasteiger partial charge on any atom is 0.231 e. The molecule has 0 N–H and O–H groups in total. The van der Waals surface area contributed by atoms with Gasteiger partial charge in [0.2, 0.25) is 5.91 Å². The molecule has 0 bridgehead atoms. The van der Waals surface area contributed by atoms with E-state index in [0.717, 1.165) is 24.2 Å². The highest BCUT2D eigenvalue weighted by molar-refractivity contribution is 5.96. The standard InChI is InChI=1S/C19H21NO/c1-14(2)16-9-7-15(8-10-16)13-19(21)20-12-11-17-5-3-4-6-18(17)20/h3-10,14H,11-13H2,1-2H3. The van der Waals surface area contributed by atoms with Crippen molar-refractivity contribution in [3.63, 3.8) is 0 Å². The van der Waals surface area contributed by atoms with Crippen molar-refractivity contribution < 1.29 is 4.79 Å². The van der Waals surface area contributed by atoms with E-state index < -0.39 is 0 Å². The van der Waals surface area contributed by atoms with Crippen molar-refractivity contribution in [2.75, 3.05) is 11.4 Å². The minimum absolute atomic E-state index is 0.192. The lowest BCUT2D eigenvalue weighted by Gasteiger charge is -2.17. The number of amides is 1. The summed E-state index contributed by atoms with van der Waals surface area (Å²) in [6.45, 7) is 5.17. The molecule has 1 aliphatic rings. The molecule has 0 fully saturated rings. The van der Waals surface area contributed by atoms with Crippen molar-refractivity contribution in [2.45, 2.75) is 32.6 Å². The molecule has 1 aliphatic heterocycles. The van der Waals surface area contributed by atoms with E-state index in [4.69, 9.17) is 0 Å². The van der Waals surface area contributed by atoms with Crippen molar-refractivity contribution in [3.8, 4) is 0 Å². The van der Waals surface area contributed by atoms with Crippen molar-refractivity contribution in [1.82, 2.24) is 0 Å². The minimum Gasteiger partial charge on any atom is -0.312 e. The molecule has 2 nitrogen and oxygen atoms in total. The number of para-hydroxylation sites is 1. The third kappa shape index (κ3) is 2.85. The minimum atomic E-state index is 0.192. The molecule has 0 atom stereocenters. The molecule has 3 rings (SSSR count). The van der Waals surface area contributed by atoms with Gasteiger partial charge in [-0.3, -0.25) is 4.79 Å². The van der Waals surface area contributed by atoms with Crippen LogP contribution in [0.1, 0.15) is 36.5 Å². The first kappa shape index (κ1) is 13.9. The number of hydrogen-bond acceptors (Lipinski definition) is 1. The first-order valence-corrected chi connectivity index (χ1v) is 7.62. The van der Waals surface area contributed by atoms with Gasteiger partial charge in [0.05, 0.1) is 6.42 Å². The van der Waals surface area contributed by atoms with Gasteiger partial charge in [0.1, 0.15) is 0 Å².